The van der Waals surface area contributed by atoms with E-state index in [0.29, 0.717) is 36.5 Å². The molecule has 0 unspecified atom stereocenters. The number of hydrogen-bond donors (Lipinski definition) is 0. The molecule has 5 heteroatoms. The van der Waals surface area contributed by atoms with E-state index in [1.807, 2.05) is 0 Å². The number of aromatic nitrogens is 1. The summed E-state index contributed by atoms with van der Waals surface area (Å²) < 4.78 is 18.1. The molecule has 24 heavy (non-hydrogen) atoms. The average molecular weight is 331 g/mol. The Morgan fingerprint density at radius 1 is 1.12 bits per heavy atom. The van der Waals surface area contributed by atoms with Crippen LogP contribution in [0.25, 0.3) is 11.3 Å². The zero-order valence-corrected chi connectivity index (χ0v) is 14.0. The predicted molar refractivity (Wildman–Crippen MR) is 89.2 cm³/mol. The van der Waals surface area contributed by atoms with Gasteiger partial charge in [0.2, 0.25) is 0 Å². The first-order chi connectivity index (χ1) is 11.5. The summed E-state index contributed by atoms with van der Waals surface area (Å²) in [5.74, 6) is 0.645. The Labute approximate surface area is 141 Å². The minimum atomic E-state index is -0.336. The maximum absolute atomic E-state index is 12.9. The van der Waals surface area contributed by atoms with Crippen LogP contribution < -0.4 is 0 Å². The molecular weight excluding hydrogens is 309 g/mol. The zero-order chi connectivity index (χ0) is 17.5. The van der Waals surface area contributed by atoms with Crippen molar-refractivity contribution in [3.05, 3.63) is 41.8 Å². The van der Waals surface area contributed by atoms with Crippen LogP contribution in [0.15, 0.2) is 34.9 Å². The fourth-order valence-corrected chi connectivity index (χ4v) is 2.31. The summed E-state index contributed by atoms with van der Waals surface area (Å²) >= 11 is 0. The third-order valence-corrected chi connectivity index (χ3v) is 3.78. The standard InChI is InChI=1S/C19H22FNO3/c1-13(2)6-11-16(22)4-3-5-18(23)17-12-19(24-21-17)14-7-9-15(20)10-8-14/h7-10,12-13H,3-6,11H2,1-2H3. The van der Waals surface area contributed by atoms with Crippen LogP contribution in [-0.4, -0.2) is 16.7 Å². The van der Waals surface area contributed by atoms with Crippen LogP contribution in [0.2, 0.25) is 0 Å². The molecule has 0 spiro atoms. The van der Waals surface area contributed by atoms with Crippen LogP contribution in [-0.2, 0) is 4.79 Å². The second-order valence-electron chi connectivity index (χ2n) is 6.33. The molecule has 0 N–H and O–H groups in total. The molecule has 0 aliphatic carbocycles. The summed E-state index contributed by atoms with van der Waals surface area (Å²) in [5.41, 5.74) is 0.899. The van der Waals surface area contributed by atoms with Crippen molar-refractivity contribution in [1.29, 1.82) is 0 Å². The van der Waals surface area contributed by atoms with E-state index < -0.39 is 0 Å². The molecule has 0 bridgehead atoms. The first kappa shape index (κ1) is 18.0. The summed E-state index contributed by atoms with van der Waals surface area (Å²) in [6.07, 6.45) is 2.67. The van der Waals surface area contributed by atoms with E-state index in [0.717, 1.165) is 6.42 Å². The van der Waals surface area contributed by atoms with Gasteiger partial charge >= 0.3 is 0 Å². The van der Waals surface area contributed by atoms with Crippen LogP contribution in [0.4, 0.5) is 4.39 Å². The zero-order valence-electron chi connectivity index (χ0n) is 14.0. The molecule has 1 aromatic carbocycles. The van der Waals surface area contributed by atoms with Crippen molar-refractivity contribution in [3.63, 3.8) is 0 Å². The number of nitrogens with zero attached hydrogens (tertiary/aromatic N) is 1. The molecular formula is C19H22FNO3. The van der Waals surface area contributed by atoms with Crippen molar-refractivity contribution in [2.24, 2.45) is 5.92 Å². The minimum absolute atomic E-state index is 0.149. The number of hydrogen-bond acceptors (Lipinski definition) is 4. The van der Waals surface area contributed by atoms with Crippen LogP contribution in [0.3, 0.4) is 0 Å². The van der Waals surface area contributed by atoms with Gasteiger partial charge in [-0.05, 0) is 43.0 Å². The average Bonchev–Trinajstić information content (AvgIpc) is 3.03. The van der Waals surface area contributed by atoms with Gasteiger partial charge in [-0.1, -0.05) is 19.0 Å². The van der Waals surface area contributed by atoms with Gasteiger partial charge in [-0.2, -0.15) is 0 Å². The van der Waals surface area contributed by atoms with Crippen LogP contribution in [0, 0.1) is 11.7 Å². The van der Waals surface area contributed by atoms with Crippen molar-refractivity contribution in [2.45, 2.75) is 46.0 Å². The van der Waals surface area contributed by atoms with Gasteiger partial charge in [-0.25, -0.2) is 4.39 Å². The summed E-state index contributed by atoms with van der Waals surface area (Å²) in [6.45, 7) is 4.17. The van der Waals surface area contributed by atoms with Gasteiger partial charge < -0.3 is 4.52 Å². The van der Waals surface area contributed by atoms with Crippen molar-refractivity contribution in [1.82, 2.24) is 5.16 Å². The van der Waals surface area contributed by atoms with Crippen molar-refractivity contribution >= 4 is 11.6 Å². The second kappa shape index (κ2) is 8.52. The van der Waals surface area contributed by atoms with Gasteiger partial charge in [0.05, 0.1) is 0 Å². The molecule has 4 nitrogen and oxygen atoms in total. The smallest absolute Gasteiger partial charge is 0.184 e. The maximum atomic E-state index is 12.9. The Bertz CT molecular complexity index is 689. The maximum Gasteiger partial charge on any atom is 0.184 e. The lowest BCUT2D eigenvalue weighted by Gasteiger charge is -2.03. The number of carbonyl (C=O) groups is 2. The van der Waals surface area contributed by atoms with Gasteiger partial charge in [0.15, 0.2) is 11.5 Å². The molecule has 2 aromatic rings. The van der Waals surface area contributed by atoms with E-state index in [1.54, 1.807) is 18.2 Å². The largest absolute Gasteiger partial charge is 0.356 e. The number of carbonyl (C=O) groups excluding carboxylic acids is 2. The van der Waals surface area contributed by atoms with Crippen LogP contribution >= 0.6 is 0 Å². The minimum Gasteiger partial charge on any atom is -0.356 e. The predicted octanol–water partition coefficient (Wildman–Crippen LogP) is 4.84. The van der Waals surface area contributed by atoms with Gasteiger partial charge in [-0.15, -0.1) is 0 Å². The first-order valence-corrected chi connectivity index (χ1v) is 8.23. The lowest BCUT2D eigenvalue weighted by molar-refractivity contribution is -0.119. The first-order valence-electron chi connectivity index (χ1n) is 8.23. The third-order valence-electron chi connectivity index (χ3n) is 3.78. The van der Waals surface area contributed by atoms with E-state index in [4.69, 9.17) is 4.52 Å². The van der Waals surface area contributed by atoms with Crippen molar-refractivity contribution in [2.75, 3.05) is 0 Å². The van der Waals surface area contributed by atoms with Gasteiger partial charge in [0.1, 0.15) is 17.3 Å². The molecule has 0 saturated carbocycles. The highest BCUT2D eigenvalue weighted by Gasteiger charge is 2.14. The van der Waals surface area contributed by atoms with E-state index in [1.165, 1.54) is 12.1 Å². The highest BCUT2D eigenvalue weighted by molar-refractivity contribution is 5.95. The van der Waals surface area contributed by atoms with Crippen LogP contribution in [0.5, 0.6) is 0 Å². The Kier molecular flexibility index (Phi) is 6.41. The fourth-order valence-electron chi connectivity index (χ4n) is 2.31. The third kappa shape index (κ3) is 5.41. The number of rotatable bonds is 9. The van der Waals surface area contributed by atoms with Gasteiger partial charge in [0, 0.05) is 30.9 Å². The molecule has 0 saturated heterocycles. The van der Waals surface area contributed by atoms with E-state index in [9.17, 15) is 14.0 Å². The van der Waals surface area contributed by atoms with E-state index in [-0.39, 0.29) is 29.5 Å². The Morgan fingerprint density at radius 2 is 1.83 bits per heavy atom. The molecule has 0 amide bonds. The Morgan fingerprint density at radius 3 is 2.50 bits per heavy atom. The Hall–Kier alpha value is -2.30. The summed E-state index contributed by atoms with van der Waals surface area (Å²) in [5, 5.41) is 3.77. The lowest BCUT2D eigenvalue weighted by Crippen LogP contribution is -2.04. The topological polar surface area (TPSA) is 60.2 Å². The molecule has 1 aromatic heterocycles. The molecule has 0 aliphatic heterocycles. The molecule has 0 radical (unpaired) electrons. The molecule has 1 heterocycles. The highest BCUT2D eigenvalue weighted by atomic mass is 19.1. The SMILES string of the molecule is CC(C)CCC(=O)CCCC(=O)c1cc(-c2ccc(F)cc2)on1. The van der Waals surface area contributed by atoms with Crippen LogP contribution in [0.1, 0.15) is 56.4 Å². The molecule has 0 fully saturated rings. The number of benzene rings is 1. The number of Topliss-reactive ketones (excluding diaryl/α,β-unsaturated/α-hetero) is 2. The summed E-state index contributed by atoms with van der Waals surface area (Å²) in [6, 6.07) is 7.33. The second-order valence-corrected chi connectivity index (χ2v) is 6.33. The van der Waals surface area contributed by atoms with E-state index in [2.05, 4.69) is 19.0 Å². The molecule has 0 atom stereocenters. The highest BCUT2D eigenvalue weighted by Crippen LogP contribution is 2.21. The monoisotopic (exact) mass is 331 g/mol. The Balaban J connectivity index is 1.83. The van der Waals surface area contributed by atoms with Gasteiger partial charge in [-0.3, -0.25) is 9.59 Å². The van der Waals surface area contributed by atoms with Crippen molar-refractivity contribution in [3.8, 4) is 11.3 Å². The van der Waals surface area contributed by atoms with Gasteiger partial charge in [0.25, 0.3) is 0 Å². The lowest BCUT2D eigenvalue weighted by atomic mass is 10.0. The summed E-state index contributed by atoms with van der Waals surface area (Å²) in [7, 11) is 0. The number of halogens is 1. The fraction of sp³-hybridized carbons (Fsp3) is 0.421. The molecule has 128 valence electrons. The molecule has 0 aliphatic rings. The van der Waals surface area contributed by atoms with E-state index >= 15 is 0 Å². The van der Waals surface area contributed by atoms with Crippen molar-refractivity contribution < 1.29 is 18.5 Å². The summed E-state index contributed by atoms with van der Waals surface area (Å²) in [4.78, 5) is 23.8. The quantitative estimate of drug-likeness (QED) is 0.617. The molecule has 2 rings (SSSR count). The normalized spacial score (nSPS) is 11.0. The number of ketones is 2.